The molecule has 0 bridgehead atoms. The molecule has 1 aliphatic carbocycles. The predicted molar refractivity (Wildman–Crippen MR) is 88.9 cm³/mol. The lowest BCUT2D eigenvalue weighted by atomic mass is 9.74. The highest BCUT2D eigenvalue weighted by Crippen LogP contribution is 2.40. The third kappa shape index (κ3) is 2.65. The summed E-state index contributed by atoms with van der Waals surface area (Å²) in [6, 6.07) is 11.3. The zero-order valence-electron chi connectivity index (χ0n) is 13.6. The van der Waals surface area contributed by atoms with Gasteiger partial charge in [0.1, 0.15) is 0 Å². The van der Waals surface area contributed by atoms with Crippen LogP contribution in [0.25, 0.3) is 5.69 Å². The molecule has 2 aromatic rings. The van der Waals surface area contributed by atoms with Crippen LogP contribution >= 0.6 is 0 Å². The maximum Gasteiger partial charge on any atom is 0.0452 e. The topological polar surface area (TPSA) is 30.9 Å². The molecule has 0 saturated heterocycles. The van der Waals surface area contributed by atoms with Gasteiger partial charge in [-0.15, -0.1) is 0 Å². The number of hydrogen-bond donors (Lipinski definition) is 1. The second-order valence-electron chi connectivity index (χ2n) is 7.49. The summed E-state index contributed by atoms with van der Waals surface area (Å²) < 4.78 is 2.32. The van der Waals surface area contributed by atoms with Crippen LogP contribution in [0.5, 0.6) is 0 Å². The number of benzene rings is 1. The lowest BCUT2D eigenvalue weighted by molar-refractivity contribution is 0.278. The molecule has 112 valence electrons. The fraction of sp³-hybridized carbons (Fsp3) is 0.474. The molecule has 1 aromatic heterocycles. The SMILES string of the molecule is CC(C)c1ccc(-n2ccc3c2CC(C)(C)CC3N)cc1. The van der Waals surface area contributed by atoms with Crippen molar-refractivity contribution in [1.82, 2.24) is 4.57 Å². The van der Waals surface area contributed by atoms with Gasteiger partial charge in [0.2, 0.25) is 0 Å². The lowest BCUT2D eigenvalue weighted by Gasteiger charge is -2.34. The van der Waals surface area contributed by atoms with Crippen molar-refractivity contribution in [1.29, 1.82) is 0 Å². The number of nitrogens with zero attached hydrogens (tertiary/aromatic N) is 1. The normalized spacial score (nSPS) is 20.6. The van der Waals surface area contributed by atoms with Gasteiger partial charge in [-0.2, -0.15) is 0 Å². The Morgan fingerprint density at radius 1 is 1.14 bits per heavy atom. The minimum Gasteiger partial charge on any atom is -0.324 e. The molecule has 0 radical (unpaired) electrons. The van der Waals surface area contributed by atoms with Crippen molar-refractivity contribution in [3.05, 3.63) is 53.3 Å². The molecule has 1 aliphatic rings. The molecule has 1 unspecified atom stereocenters. The molecule has 2 nitrogen and oxygen atoms in total. The minimum absolute atomic E-state index is 0.167. The van der Waals surface area contributed by atoms with Crippen LogP contribution in [0, 0.1) is 5.41 Å². The molecule has 0 spiro atoms. The van der Waals surface area contributed by atoms with E-state index in [9.17, 15) is 0 Å². The Kier molecular flexibility index (Phi) is 3.45. The van der Waals surface area contributed by atoms with E-state index in [0.717, 1.165) is 12.8 Å². The van der Waals surface area contributed by atoms with E-state index >= 15 is 0 Å². The van der Waals surface area contributed by atoms with Crippen molar-refractivity contribution in [3.63, 3.8) is 0 Å². The summed E-state index contributed by atoms with van der Waals surface area (Å²) in [6.45, 7) is 9.09. The lowest BCUT2D eigenvalue weighted by Crippen LogP contribution is -2.30. The van der Waals surface area contributed by atoms with Gasteiger partial charge in [0.05, 0.1) is 0 Å². The highest BCUT2D eigenvalue weighted by atomic mass is 15.0. The van der Waals surface area contributed by atoms with Gasteiger partial charge in [0.15, 0.2) is 0 Å². The Hall–Kier alpha value is -1.54. The van der Waals surface area contributed by atoms with Crippen molar-refractivity contribution in [3.8, 4) is 5.69 Å². The van der Waals surface area contributed by atoms with E-state index in [4.69, 9.17) is 5.73 Å². The first-order valence-corrected chi connectivity index (χ1v) is 7.93. The van der Waals surface area contributed by atoms with Crippen LogP contribution < -0.4 is 5.73 Å². The van der Waals surface area contributed by atoms with E-state index in [1.165, 1.54) is 22.5 Å². The maximum atomic E-state index is 6.36. The quantitative estimate of drug-likeness (QED) is 0.859. The predicted octanol–water partition coefficient (Wildman–Crippen LogP) is 4.57. The van der Waals surface area contributed by atoms with Crippen LogP contribution in [0.4, 0.5) is 0 Å². The number of rotatable bonds is 2. The van der Waals surface area contributed by atoms with Crippen LogP contribution in [-0.4, -0.2) is 4.57 Å². The average Bonchev–Trinajstić information content (AvgIpc) is 2.81. The van der Waals surface area contributed by atoms with Gasteiger partial charge in [-0.25, -0.2) is 0 Å². The van der Waals surface area contributed by atoms with Crippen LogP contribution in [0.1, 0.15) is 62.9 Å². The first kappa shape index (κ1) is 14.4. The van der Waals surface area contributed by atoms with Crippen molar-refractivity contribution in [2.75, 3.05) is 0 Å². The number of hydrogen-bond acceptors (Lipinski definition) is 1. The molecule has 2 heteroatoms. The monoisotopic (exact) mass is 282 g/mol. The summed E-state index contributed by atoms with van der Waals surface area (Å²) in [7, 11) is 0. The maximum absolute atomic E-state index is 6.36. The summed E-state index contributed by atoms with van der Waals surface area (Å²) in [5, 5.41) is 0. The van der Waals surface area contributed by atoms with Crippen LogP contribution in [0.15, 0.2) is 36.5 Å². The first-order chi connectivity index (χ1) is 9.87. The van der Waals surface area contributed by atoms with Gasteiger partial charge >= 0.3 is 0 Å². The third-order valence-corrected chi connectivity index (χ3v) is 4.68. The van der Waals surface area contributed by atoms with E-state index in [0.29, 0.717) is 5.92 Å². The smallest absolute Gasteiger partial charge is 0.0452 e. The number of aromatic nitrogens is 1. The molecule has 21 heavy (non-hydrogen) atoms. The highest BCUT2D eigenvalue weighted by molar-refractivity contribution is 5.42. The van der Waals surface area contributed by atoms with E-state index in [-0.39, 0.29) is 11.5 Å². The molecular weight excluding hydrogens is 256 g/mol. The Bertz CT molecular complexity index is 632. The Morgan fingerprint density at radius 3 is 2.43 bits per heavy atom. The Morgan fingerprint density at radius 2 is 1.81 bits per heavy atom. The molecular formula is C19H26N2. The van der Waals surface area contributed by atoms with E-state index in [2.05, 4.69) is 68.8 Å². The van der Waals surface area contributed by atoms with Gasteiger partial charge in [0, 0.05) is 23.6 Å². The standard InChI is InChI=1S/C19H26N2/c1-13(2)14-5-7-15(8-6-14)21-10-9-16-17(20)11-19(3,4)12-18(16)21/h5-10,13,17H,11-12,20H2,1-4H3. The molecule has 0 aliphatic heterocycles. The van der Waals surface area contributed by atoms with Gasteiger partial charge in [-0.1, -0.05) is 39.8 Å². The van der Waals surface area contributed by atoms with Crippen molar-refractivity contribution < 1.29 is 0 Å². The van der Waals surface area contributed by atoms with E-state index in [1.54, 1.807) is 0 Å². The summed E-state index contributed by atoms with van der Waals surface area (Å²) >= 11 is 0. The van der Waals surface area contributed by atoms with Gasteiger partial charge in [-0.3, -0.25) is 0 Å². The van der Waals surface area contributed by atoms with Crippen molar-refractivity contribution in [2.45, 2.75) is 52.5 Å². The molecule has 2 N–H and O–H groups in total. The van der Waals surface area contributed by atoms with Crippen LogP contribution in [-0.2, 0) is 6.42 Å². The van der Waals surface area contributed by atoms with Crippen molar-refractivity contribution in [2.24, 2.45) is 11.1 Å². The van der Waals surface area contributed by atoms with Crippen LogP contribution in [0.3, 0.4) is 0 Å². The Labute approximate surface area is 128 Å². The first-order valence-electron chi connectivity index (χ1n) is 7.93. The van der Waals surface area contributed by atoms with Gasteiger partial charge < -0.3 is 10.3 Å². The van der Waals surface area contributed by atoms with Crippen molar-refractivity contribution >= 4 is 0 Å². The molecule has 0 saturated carbocycles. The van der Waals surface area contributed by atoms with Gasteiger partial charge in [0.25, 0.3) is 0 Å². The van der Waals surface area contributed by atoms with Crippen LogP contribution in [0.2, 0.25) is 0 Å². The molecule has 0 amide bonds. The zero-order chi connectivity index (χ0) is 15.2. The summed E-state index contributed by atoms with van der Waals surface area (Å²) in [6.07, 6.45) is 4.33. The second-order valence-corrected chi connectivity index (χ2v) is 7.49. The molecule has 3 rings (SSSR count). The molecule has 0 fully saturated rings. The average molecular weight is 282 g/mol. The number of nitrogens with two attached hydrogens (primary N) is 1. The Balaban J connectivity index is 2.01. The van der Waals surface area contributed by atoms with Gasteiger partial charge in [-0.05, 0) is 53.5 Å². The van der Waals surface area contributed by atoms with E-state index < -0.39 is 0 Å². The molecule has 1 aromatic carbocycles. The largest absolute Gasteiger partial charge is 0.324 e. The molecule has 1 atom stereocenters. The second kappa shape index (κ2) is 5.03. The fourth-order valence-corrected chi connectivity index (χ4v) is 3.50. The third-order valence-electron chi connectivity index (χ3n) is 4.68. The minimum atomic E-state index is 0.167. The molecule has 1 heterocycles. The number of fused-ring (bicyclic) bond motifs is 1. The summed E-state index contributed by atoms with van der Waals surface area (Å²) in [4.78, 5) is 0. The zero-order valence-corrected chi connectivity index (χ0v) is 13.6. The fourth-order valence-electron chi connectivity index (χ4n) is 3.50. The highest BCUT2D eigenvalue weighted by Gasteiger charge is 2.32. The van der Waals surface area contributed by atoms with E-state index in [1.807, 2.05) is 0 Å². The summed E-state index contributed by atoms with van der Waals surface area (Å²) in [5.41, 5.74) is 12.0. The summed E-state index contributed by atoms with van der Waals surface area (Å²) in [5.74, 6) is 0.574.